The van der Waals surface area contributed by atoms with Gasteiger partial charge in [-0.2, -0.15) is 0 Å². The molecule has 3 heterocycles. The second-order valence-electron chi connectivity index (χ2n) is 6.17. The number of nitrogens with one attached hydrogen (secondary N) is 3. The fraction of sp³-hybridized carbons (Fsp3) is 0.0500. The first-order chi connectivity index (χ1) is 13.8. The van der Waals surface area contributed by atoms with Crippen molar-refractivity contribution in [3.05, 3.63) is 60.9 Å². The second kappa shape index (κ2) is 7.14. The molecule has 0 atom stereocenters. The lowest BCUT2D eigenvalue weighted by atomic mass is 10.1. The van der Waals surface area contributed by atoms with Gasteiger partial charge in [0, 0.05) is 28.9 Å². The van der Waals surface area contributed by atoms with Gasteiger partial charge in [-0.05, 0) is 18.2 Å². The molecule has 0 fully saturated rings. The SMILES string of the molecule is O=C(CSc1nc2ccccc2[nH]1)Nc1ncc(-c2c[nH]c3ccccc23)s1. The zero-order chi connectivity index (χ0) is 18.9. The summed E-state index contributed by atoms with van der Waals surface area (Å²) in [7, 11) is 0. The number of para-hydroxylation sites is 3. The molecule has 0 spiro atoms. The van der Waals surface area contributed by atoms with Gasteiger partial charge >= 0.3 is 0 Å². The van der Waals surface area contributed by atoms with Crippen LogP contribution in [-0.4, -0.2) is 31.6 Å². The molecule has 0 aliphatic heterocycles. The molecule has 0 unspecified atom stereocenters. The normalized spacial score (nSPS) is 11.3. The number of hydrogen-bond acceptors (Lipinski definition) is 5. The predicted molar refractivity (Wildman–Crippen MR) is 115 cm³/mol. The topological polar surface area (TPSA) is 86.5 Å². The van der Waals surface area contributed by atoms with Crippen LogP contribution in [0.3, 0.4) is 0 Å². The molecule has 0 radical (unpaired) electrons. The molecule has 6 nitrogen and oxygen atoms in total. The van der Waals surface area contributed by atoms with E-state index in [4.69, 9.17) is 0 Å². The van der Waals surface area contributed by atoms with E-state index in [-0.39, 0.29) is 11.7 Å². The Morgan fingerprint density at radius 1 is 1.11 bits per heavy atom. The van der Waals surface area contributed by atoms with Crippen LogP contribution >= 0.6 is 23.1 Å². The lowest BCUT2D eigenvalue weighted by Crippen LogP contribution is -2.13. The largest absolute Gasteiger partial charge is 0.361 e. The number of anilines is 1. The summed E-state index contributed by atoms with van der Waals surface area (Å²) in [4.78, 5) is 28.6. The van der Waals surface area contributed by atoms with Crippen molar-refractivity contribution in [2.75, 3.05) is 11.1 Å². The highest BCUT2D eigenvalue weighted by molar-refractivity contribution is 7.99. The van der Waals surface area contributed by atoms with Crippen LogP contribution in [0.1, 0.15) is 0 Å². The Bertz CT molecular complexity index is 1250. The summed E-state index contributed by atoms with van der Waals surface area (Å²) in [5, 5.41) is 5.34. The highest BCUT2D eigenvalue weighted by Gasteiger charge is 2.12. The number of benzene rings is 2. The Hall–Kier alpha value is -3.10. The number of aromatic nitrogens is 4. The molecule has 0 bridgehead atoms. The Morgan fingerprint density at radius 3 is 2.82 bits per heavy atom. The summed E-state index contributed by atoms with van der Waals surface area (Å²) >= 11 is 2.84. The average Bonchev–Trinajstić information content (AvgIpc) is 3.43. The lowest BCUT2D eigenvalue weighted by Gasteiger charge is -1.99. The minimum Gasteiger partial charge on any atom is -0.361 e. The molecule has 0 aliphatic rings. The van der Waals surface area contributed by atoms with E-state index in [1.54, 1.807) is 6.20 Å². The number of fused-ring (bicyclic) bond motifs is 2. The number of H-pyrrole nitrogens is 2. The van der Waals surface area contributed by atoms with Gasteiger partial charge in [-0.15, -0.1) is 0 Å². The van der Waals surface area contributed by atoms with E-state index in [1.807, 2.05) is 48.7 Å². The molecule has 138 valence electrons. The zero-order valence-corrected chi connectivity index (χ0v) is 16.2. The minimum absolute atomic E-state index is 0.106. The zero-order valence-electron chi connectivity index (χ0n) is 14.6. The van der Waals surface area contributed by atoms with Crippen molar-refractivity contribution in [1.29, 1.82) is 0 Å². The van der Waals surface area contributed by atoms with Crippen molar-refractivity contribution in [3.63, 3.8) is 0 Å². The fourth-order valence-electron chi connectivity index (χ4n) is 3.02. The number of rotatable bonds is 5. The van der Waals surface area contributed by atoms with E-state index in [1.165, 1.54) is 23.1 Å². The van der Waals surface area contributed by atoms with Crippen LogP contribution in [0.25, 0.3) is 32.4 Å². The van der Waals surface area contributed by atoms with Crippen molar-refractivity contribution in [2.24, 2.45) is 0 Å². The molecule has 0 saturated carbocycles. The highest BCUT2D eigenvalue weighted by Crippen LogP contribution is 2.34. The molecule has 3 aromatic heterocycles. The third kappa shape index (κ3) is 3.28. The Labute approximate surface area is 168 Å². The Kier molecular flexibility index (Phi) is 4.34. The first-order valence-electron chi connectivity index (χ1n) is 8.66. The first-order valence-corrected chi connectivity index (χ1v) is 10.5. The quantitative estimate of drug-likeness (QED) is 0.363. The fourth-order valence-corrected chi connectivity index (χ4v) is 4.57. The van der Waals surface area contributed by atoms with Gasteiger partial charge in [0.25, 0.3) is 0 Å². The smallest absolute Gasteiger partial charge is 0.236 e. The number of thiazole rings is 1. The molecular formula is C20H15N5OS2. The third-order valence-corrected chi connectivity index (χ3v) is 6.13. The summed E-state index contributed by atoms with van der Waals surface area (Å²) < 4.78 is 0. The van der Waals surface area contributed by atoms with Gasteiger partial charge < -0.3 is 15.3 Å². The number of hydrogen-bond donors (Lipinski definition) is 3. The predicted octanol–water partition coefficient (Wildman–Crippen LogP) is 4.90. The van der Waals surface area contributed by atoms with Crippen molar-refractivity contribution in [3.8, 4) is 10.4 Å². The van der Waals surface area contributed by atoms with Crippen LogP contribution in [0.5, 0.6) is 0 Å². The van der Waals surface area contributed by atoms with E-state index in [0.717, 1.165) is 37.5 Å². The highest BCUT2D eigenvalue weighted by atomic mass is 32.2. The van der Waals surface area contributed by atoms with Crippen LogP contribution in [0.4, 0.5) is 5.13 Å². The van der Waals surface area contributed by atoms with Crippen LogP contribution in [-0.2, 0) is 4.79 Å². The molecular weight excluding hydrogens is 390 g/mol. The molecule has 8 heteroatoms. The van der Waals surface area contributed by atoms with Crippen molar-refractivity contribution >= 4 is 56.1 Å². The van der Waals surface area contributed by atoms with E-state index in [9.17, 15) is 4.79 Å². The maximum Gasteiger partial charge on any atom is 0.236 e. The number of amides is 1. The van der Waals surface area contributed by atoms with Crippen LogP contribution < -0.4 is 5.32 Å². The third-order valence-electron chi connectivity index (χ3n) is 4.31. The van der Waals surface area contributed by atoms with Crippen molar-refractivity contribution in [2.45, 2.75) is 5.16 Å². The van der Waals surface area contributed by atoms with Gasteiger partial charge in [0.15, 0.2) is 10.3 Å². The van der Waals surface area contributed by atoms with Gasteiger partial charge in [-0.1, -0.05) is 53.4 Å². The second-order valence-corrected chi connectivity index (χ2v) is 8.17. The molecule has 5 aromatic rings. The maximum absolute atomic E-state index is 12.3. The van der Waals surface area contributed by atoms with E-state index in [2.05, 4.69) is 31.3 Å². The number of imidazole rings is 1. The van der Waals surface area contributed by atoms with Gasteiger partial charge in [-0.3, -0.25) is 4.79 Å². The number of nitrogens with zero attached hydrogens (tertiary/aromatic N) is 2. The van der Waals surface area contributed by atoms with Crippen LogP contribution in [0, 0.1) is 0 Å². The maximum atomic E-state index is 12.3. The van der Waals surface area contributed by atoms with Gasteiger partial charge in [0.2, 0.25) is 5.91 Å². The number of aromatic amines is 2. The standard InChI is InChI=1S/C20H15N5OS2/c26-18(11-27-20-23-15-7-3-4-8-16(15)24-20)25-19-22-10-17(28-19)13-9-21-14-6-2-1-5-12(13)14/h1-10,21H,11H2,(H,23,24)(H,22,25,26). The minimum atomic E-state index is -0.106. The summed E-state index contributed by atoms with van der Waals surface area (Å²) in [5.74, 6) is 0.159. The summed E-state index contributed by atoms with van der Waals surface area (Å²) in [6, 6.07) is 15.9. The van der Waals surface area contributed by atoms with E-state index >= 15 is 0 Å². The molecule has 0 aliphatic carbocycles. The van der Waals surface area contributed by atoms with Crippen LogP contribution in [0.2, 0.25) is 0 Å². The molecule has 28 heavy (non-hydrogen) atoms. The first kappa shape index (κ1) is 17.0. The summed E-state index contributed by atoms with van der Waals surface area (Å²) in [6.07, 6.45) is 3.77. The van der Waals surface area contributed by atoms with Gasteiger partial charge in [0.05, 0.1) is 21.7 Å². The van der Waals surface area contributed by atoms with Crippen LogP contribution in [0.15, 0.2) is 66.1 Å². The van der Waals surface area contributed by atoms with Gasteiger partial charge in [0.1, 0.15) is 0 Å². The molecule has 3 N–H and O–H groups in total. The molecule has 1 amide bonds. The van der Waals surface area contributed by atoms with Crippen molar-refractivity contribution in [1.82, 2.24) is 19.9 Å². The Balaban J connectivity index is 1.25. The molecule has 0 saturated heterocycles. The average molecular weight is 406 g/mol. The number of carbonyl (C=O) groups excluding carboxylic acids is 1. The molecule has 2 aromatic carbocycles. The molecule has 5 rings (SSSR count). The van der Waals surface area contributed by atoms with Gasteiger partial charge in [-0.25, -0.2) is 9.97 Å². The number of carbonyl (C=O) groups is 1. The number of thioether (sulfide) groups is 1. The monoisotopic (exact) mass is 405 g/mol. The van der Waals surface area contributed by atoms with Crippen molar-refractivity contribution < 1.29 is 4.79 Å². The summed E-state index contributed by atoms with van der Waals surface area (Å²) in [5.41, 5.74) is 4.03. The summed E-state index contributed by atoms with van der Waals surface area (Å²) in [6.45, 7) is 0. The van der Waals surface area contributed by atoms with E-state index < -0.39 is 0 Å². The lowest BCUT2D eigenvalue weighted by molar-refractivity contribution is -0.113. The Morgan fingerprint density at radius 2 is 1.93 bits per heavy atom. The van der Waals surface area contributed by atoms with E-state index in [0.29, 0.717) is 5.13 Å².